The number of anilines is 1. The number of methoxy groups -OCH3 is 1. The van der Waals surface area contributed by atoms with Gasteiger partial charge in [0.15, 0.2) is 18.6 Å². The summed E-state index contributed by atoms with van der Waals surface area (Å²) in [5, 5.41) is 34.4. The summed E-state index contributed by atoms with van der Waals surface area (Å²) >= 11 is 0. The number of Topliss-reactive ketones (excluding diaryl/α,β-unsaturated/α-hetero) is 1. The second-order valence-electron chi connectivity index (χ2n) is 15.6. The molecule has 4 aliphatic rings. The summed E-state index contributed by atoms with van der Waals surface area (Å²) in [7, 11) is 1.64. The molecule has 8 N–H and O–H groups in total. The molecule has 19 heteroatoms. The van der Waals surface area contributed by atoms with Crippen LogP contribution in [0.5, 0.6) is 11.5 Å². The Kier molecular flexibility index (Phi) is 14.0. The third-order valence-corrected chi connectivity index (χ3v) is 11.6. The van der Waals surface area contributed by atoms with E-state index in [9.17, 15) is 34.5 Å². The third-order valence-electron chi connectivity index (χ3n) is 11.6. The summed E-state index contributed by atoms with van der Waals surface area (Å²) in [5.41, 5.74) is 12.3. The number of benzene rings is 2. The number of fused-ring (bicyclic) bond motifs is 1. The Morgan fingerprint density at radius 1 is 0.850 bits per heavy atom. The van der Waals surface area contributed by atoms with Crippen LogP contribution in [-0.2, 0) is 35.1 Å². The van der Waals surface area contributed by atoms with Crippen LogP contribution in [0.4, 0.5) is 5.69 Å². The molecule has 7 rings (SSSR count). The van der Waals surface area contributed by atoms with Crippen LogP contribution in [0.3, 0.4) is 0 Å². The molecule has 3 aromatic rings. The lowest BCUT2D eigenvalue weighted by molar-refractivity contribution is -0.239. The van der Waals surface area contributed by atoms with Crippen LogP contribution < -0.4 is 37.1 Å². The topological polar surface area (TPSA) is 264 Å². The molecule has 10 atom stereocenters. The van der Waals surface area contributed by atoms with Crippen LogP contribution in [0.25, 0.3) is 0 Å². The summed E-state index contributed by atoms with van der Waals surface area (Å²) in [5.74, 6) is 0.748. The number of hydrogen-bond donors (Lipinski definition) is 6. The Morgan fingerprint density at radius 3 is 2.23 bits per heavy atom. The molecule has 326 valence electrons. The van der Waals surface area contributed by atoms with Gasteiger partial charge < -0.3 is 55.4 Å². The van der Waals surface area contributed by atoms with Crippen LogP contribution in [0.2, 0.25) is 0 Å². The number of rotatable bonds is 16. The van der Waals surface area contributed by atoms with E-state index in [2.05, 4.69) is 34.1 Å². The lowest BCUT2D eigenvalue weighted by Crippen LogP contribution is -2.58. The number of ketones is 1. The fraction of sp³-hybridized carbons (Fsp3) is 0.561. The van der Waals surface area contributed by atoms with E-state index in [1.165, 1.54) is 5.06 Å². The van der Waals surface area contributed by atoms with Crippen molar-refractivity contribution < 1.29 is 53.4 Å². The normalized spacial score (nSPS) is 29.9. The largest absolute Gasteiger partial charge is 0.497 e. The van der Waals surface area contributed by atoms with E-state index in [1.54, 1.807) is 7.11 Å². The average molecular weight is 839 g/mol. The number of ether oxygens (including phenoxy) is 5. The quantitative estimate of drug-likeness (QED) is 0.0992. The number of hydrogen-bond acceptors (Lipinski definition) is 16. The fourth-order valence-electron chi connectivity index (χ4n) is 8.25. The summed E-state index contributed by atoms with van der Waals surface area (Å²) < 4.78 is 30.2. The Hall–Kier alpha value is -4.70. The smallest absolute Gasteiger partial charge is 0.330 e. The summed E-state index contributed by atoms with van der Waals surface area (Å²) in [6.07, 6.45) is -7.39. The summed E-state index contributed by atoms with van der Waals surface area (Å²) in [4.78, 5) is 60.9. The number of nitrogens with one attached hydrogen (secondary N) is 1. The van der Waals surface area contributed by atoms with E-state index in [0.29, 0.717) is 25.7 Å². The van der Waals surface area contributed by atoms with Crippen molar-refractivity contribution in [3.63, 3.8) is 0 Å². The number of hydroxylamine groups is 2. The van der Waals surface area contributed by atoms with Gasteiger partial charge in [-0.2, -0.15) is 5.06 Å². The molecule has 4 fully saturated rings. The first-order valence-electron chi connectivity index (χ1n) is 20.3. The van der Waals surface area contributed by atoms with Crippen LogP contribution >= 0.6 is 0 Å². The van der Waals surface area contributed by atoms with Gasteiger partial charge in [0.25, 0.3) is 5.56 Å². The van der Waals surface area contributed by atoms with Crippen molar-refractivity contribution in [2.45, 2.75) is 112 Å². The van der Waals surface area contributed by atoms with Gasteiger partial charge in [-0.05, 0) is 61.2 Å². The number of unbranched alkanes of at least 4 members (excludes halogenated alkanes) is 1. The Bertz CT molecular complexity index is 2020. The Labute approximate surface area is 345 Å². The highest BCUT2D eigenvalue weighted by Gasteiger charge is 2.58. The molecule has 1 amide bonds. The number of H-pyrrole nitrogens is 1. The number of nitrogens with two attached hydrogens (primary N) is 2. The minimum atomic E-state index is -1.71. The summed E-state index contributed by atoms with van der Waals surface area (Å²) in [6.45, 7) is 1.71. The summed E-state index contributed by atoms with van der Waals surface area (Å²) in [6, 6.07) is 15.5. The molecular weight excluding hydrogens is 784 g/mol. The predicted molar refractivity (Wildman–Crippen MR) is 213 cm³/mol. The number of aromatic amines is 1. The minimum Gasteiger partial charge on any atom is -0.497 e. The molecular formula is C41H54N6O13. The molecule has 0 bridgehead atoms. The first kappa shape index (κ1) is 43.4. The van der Waals surface area contributed by atoms with E-state index >= 15 is 0 Å². The zero-order valence-electron chi connectivity index (χ0n) is 33.3. The van der Waals surface area contributed by atoms with Crippen molar-refractivity contribution in [2.24, 2.45) is 11.5 Å². The first-order chi connectivity index (χ1) is 28.9. The van der Waals surface area contributed by atoms with E-state index in [-0.39, 0.29) is 31.4 Å². The number of carbonyl (C=O) groups excluding carboxylic acids is 2. The van der Waals surface area contributed by atoms with Gasteiger partial charge in [0.2, 0.25) is 5.91 Å². The highest BCUT2D eigenvalue weighted by atomic mass is 16.8. The molecule has 0 spiro atoms. The number of carbonyl (C=O) groups is 2. The maximum Gasteiger partial charge on any atom is 0.330 e. The lowest BCUT2D eigenvalue weighted by atomic mass is 9.98. The first-order valence-corrected chi connectivity index (χ1v) is 20.3. The van der Waals surface area contributed by atoms with Crippen LogP contribution in [-0.4, -0.2) is 136 Å². The van der Waals surface area contributed by atoms with Gasteiger partial charge in [0.1, 0.15) is 66.1 Å². The van der Waals surface area contributed by atoms with Gasteiger partial charge >= 0.3 is 5.69 Å². The van der Waals surface area contributed by atoms with Gasteiger partial charge in [-0.25, -0.2) is 4.79 Å². The second-order valence-corrected chi connectivity index (χ2v) is 15.6. The van der Waals surface area contributed by atoms with E-state index in [1.807, 2.05) is 24.3 Å². The highest BCUT2D eigenvalue weighted by molar-refractivity contribution is 5.80. The van der Waals surface area contributed by atoms with Crippen molar-refractivity contribution >= 4 is 17.4 Å². The number of amides is 1. The SMILES string of the molecule is COc1ccc(OC2CCN(c3ccc(CCC(=O)CCCCN4O[C@H]5[C@H](O[C@H]([C@H]6O[C@@H](n7ccc(=O)[nH]c7=O)C(O)[C@H]6O)[C@H]4C(N)=O)O[C@H](CN)[C@H]5O)cc3)CC2)cc1. The zero-order chi connectivity index (χ0) is 42.5. The van der Waals surface area contributed by atoms with Gasteiger partial charge in [0, 0.05) is 69.8 Å². The van der Waals surface area contributed by atoms with Gasteiger partial charge in [-0.1, -0.05) is 12.1 Å². The molecule has 2 aromatic carbocycles. The van der Waals surface area contributed by atoms with Crippen LogP contribution in [0, 0.1) is 0 Å². The highest BCUT2D eigenvalue weighted by Crippen LogP contribution is 2.38. The number of aliphatic hydroxyl groups is 3. The van der Waals surface area contributed by atoms with Crippen molar-refractivity contribution in [1.29, 1.82) is 0 Å². The number of aromatic nitrogens is 2. The molecule has 5 heterocycles. The van der Waals surface area contributed by atoms with Crippen LogP contribution in [0.1, 0.15) is 50.3 Å². The van der Waals surface area contributed by atoms with Crippen molar-refractivity contribution in [3.05, 3.63) is 87.2 Å². The number of nitrogens with zero attached hydrogens (tertiary/aromatic N) is 3. The number of aliphatic hydroxyl groups excluding tert-OH is 3. The molecule has 4 saturated heterocycles. The standard InChI is InChI=1S/C41H54N6O13/c1-55-26-11-13-27(14-12-26)56-28-15-19-45(20-16-28)24-8-5-23(6-9-24)7-10-25(48)4-2-3-18-47-31(38(43)53)35(59-40-37(60-47)32(50)29(22-42)57-40)36-33(51)34(52)39(58-36)46-21-17-30(49)44-41(46)54/h5-6,8-9,11-14,17,21,28-29,31-37,39-40,50-52H,2-4,7,10,15-16,18-20,22,42H2,1H3,(H2,43,53)(H,44,49,54)/t29-,31+,32-,33-,34?,35+,36+,37-,39-,40+/m1/s1. The molecule has 19 nitrogen and oxygen atoms in total. The predicted octanol–water partition coefficient (Wildman–Crippen LogP) is -0.516. The molecule has 1 aromatic heterocycles. The monoisotopic (exact) mass is 838 g/mol. The molecule has 0 aliphatic carbocycles. The zero-order valence-corrected chi connectivity index (χ0v) is 33.3. The number of primary amides is 1. The van der Waals surface area contributed by atoms with Crippen LogP contribution in [0.15, 0.2) is 70.4 Å². The van der Waals surface area contributed by atoms with Gasteiger partial charge in [0.05, 0.1) is 7.11 Å². The Balaban J connectivity index is 0.916. The van der Waals surface area contributed by atoms with Crippen molar-refractivity contribution in [2.75, 3.05) is 38.2 Å². The maximum absolute atomic E-state index is 13.1. The molecule has 0 saturated carbocycles. The molecule has 4 aliphatic heterocycles. The van der Waals surface area contributed by atoms with Gasteiger partial charge in [-0.3, -0.25) is 28.8 Å². The van der Waals surface area contributed by atoms with Gasteiger partial charge in [-0.15, -0.1) is 0 Å². The number of piperidine rings is 1. The van der Waals surface area contributed by atoms with Crippen molar-refractivity contribution in [1.82, 2.24) is 14.6 Å². The minimum absolute atomic E-state index is 0.0461. The van der Waals surface area contributed by atoms with E-state index in [0.717, 1.165) is 65.5 Å². The van der Waals surface area contributed by atoms with E-state index in [4.69, 9.17) is 40.0 Å². The Morgan fingerprint density at radius 2 is 1.57 bits per heavy atom. The average Bonchev–Trinajstić information content (AvgIpc) is 3.64. The maximum atomic E-state index is 13.1. The molecule has 0 radical (unpaired) electrons. The molecule has 1 unspecified atom stereocenters. The third kappa shape index (κ3) is 9.75. The van der Waals surface area contributed by atoms with E-state index < -0.39 is 78.4 Å². The fourth-order valence-corrected chi connectivity index (χ4v) is 8.25. The second kappa shape index (κ2) is 19.3. The lowest BCUT2D eigenvalue weighted by Gasteiger charge is -2.35. The van der Waals surface area contributed by atoms with Crippen molar-refractivity contribution in [3.8, 4) is 11.5 Å². The molecule has 60 heavy (non-hydrogen) atoms. The number of aryl methyl sites for hydroxylation is 1.